The number of hydrogen-bond acceptors (Lipinski definition) is 3. The van der Waals surface area contributed by atoms with Crippen molar-refractivity contribution in [1.82, 2.24) is 0 Å². The Hall–Kier alpha value is -6.00. The number of para-hydroxylation sites is 1. The third-order valence-corrected chi connectivity index (χ3v) is 14.0. The number of nitrogens with one attached hydrogen (secondary N) is 1. The summed E-state index contributed by atoms with van der Waals surface area (Å²) >= 11 is 0. The van der Waals surface area contributed by atoms with E-state index in [1.54, 1.807) is 0 Å². The molecule has 8 aromatic rings. The SMILES string of the molecule is CC1CCCCC1(C)c1cc(C(C)(C)C)cc2c1Nc1cc3c(oc4ccccc43)c3c1B2N(c1ccc(-c2ccccc2)cc1)c1cc(-c2ccccc2)ccc1-3. The molecular formula is C54H49BN2O. The van der Waals surface area contributed by atoms with Gasteiger partial charge in [-0.3, -0.25) is 0 Å². The standard InChI is InChI=1S/C54H49BN2O/c1-34-16-14-15-29-54(34,5)44-31-39(53(2,3)4)32-45-51(44)56-46-33-43-41-21-12-13-22-48(41)58-52(43)49-42-28-25-38(36-19-10-7-11-20-36)30-47(42)57(55(45)50(46)49)40-26-23-37(24-27-40)35-17-8-6-9-18-35/h6-13,17-28,30-34,56H,14-16,29H2,1-5H3. The molecule has 0 spiro atoms. The van der Waals surface area contributed by atoms with Crippen LogP contribution in [-0.2, 0) is 10.8 Å². The van der Waals surface area contributed by atoms with Gasteiger partial charge in [0.2, 0.25) is 0 Å². The van der Waals surface area contributed by atoms with E-state index in [1.165, 1.54) is 104 Å². The molecule has 3 nitrogen and oxygen atoms in total. The monoisotopic (exact) mass is 752 g/mol. The van der Waals surface area contributed by atoms with Crippen molar-refractivity contribution in [2.75, 3.05) is 10.1 Å². The summed E-state index contributed by atoms with van der Waals surface area (Å²) in [4.78, 5) is 2.65. The molecule has 284 valence electrons. The molecule has 58 heavy (non-hydrogen) atoms. The number of benzene rings is 7. The van der Waals surface area contributed by atoms with E-state index in [0.717, 1.165) is 21.9 Å². The third kappa shape index (κ3) is 5.34. The highest BCUT2D eigenvalue weighted by atomic mass is 16.3. The van der Waals surface area contributed by atoms with Gasteiger partial charge >= 0.3 is 6.85 Å². The predicted octanol–water partition coefficient (Wildman–Crippen LogP) is 13.7. The van der Waals surface area contributed by atoms with Crippen LogP contribution in [-0.4, -0.2) is 6.85 Å². The smallest absolute Gasteiger partial charge is 0.333 e. The van der Waals surface area contributed by atoms with Crippen LogP contribution in [0.15, 0.2) is 150 Å². The molecule has 0 saturated heterocycles. The largest absolute Gasteiger partial charge is 0.455 e. The van der Waals surface area contributed by atoms with Gasteiger partial charge in [0.05, 0.1) is 0 Å². The molecule has 3 heterocycles. The maximum absolute atomic E-state index is 6.97. The van der Waals surface area contributed by atoms with Gasteiger partial charge in [0.25, 0.3) is 0 Å². The molecule has 0 bridgehead atoms. The molecule has 0 radical (unpaired) electrons. The lowest BCUT2D eigenvalue weighted by molar-refractivity contribution is 0.222. The van der Waals surface area contributed by atoms with E-state index in [4.69, 9.17) is 4.42 Å². The molecular weight excluding hydrogens is 703 g/mol. The average molecular weight is 753 g/mol. The van der Waals surface area contributed by atoms with Crippen molar-refractivity contribution in [1.29, 1.82) is 0 Å². The quantitative estimate of drug-likeness (QED) is 0.182. The van der Waals surface area contributed by atoms with Gasteiger partial charge in [0.1, 0.15) is 11.2 Å². The van der Waals surface area contributed by atoms with Gasteiger partial charge in [-0.25, -0.2) is 0 Å². The lowest BCUT2D eigenvalue weighted by atomic mass is 9.42. The van der Waals surface area contributed by atoms with Gasteiger partial charge in [0, 0.05) is 44.6 Å². The van der Waals surface area contributed by atoms with Crippen LogP contribution >= 0.6 is 0 Å². The minimum absolute atomic E-state index is 0.0403. The van der Waals surface area contributed by atoms with E-state index < -0.39 is 0 Å². The molecule has 1 fully saturated rings. The van der Waals surface area contributed by atoms with Crippen molar-refractivity contribution < 1.29 is 4.42 Å². The van der Waals surface area contributed by atoms with Gasteiger partial charge in [-0.05, 0) is 104 Å². The number of anilines is 4. The number of rotatable bonds is 4. The molecule has 2 atom stereocenters. The summed E-state index contributed by atoms with van der Waals surface area (Å²) in [7, 11) is 0. The van der Waals surface area contributed by atoms with E-state index in [1.807, 2.05) is 0 Å². The lowest BCUT2D eigenvalue weighted by Gasteiger charge is -2.47. The maximum Gasteiger partial charge on any atom is 0.333 e. The Balaban J connectivity index is 1.26. The Labute approximate surface area is 342 Å². The number of hydrogen-bond donors (Lipinski definition) is 1. The summed E-state index contributed by atoms with van der Waals surface area (Å²) in [6.45, 7) is 12.1. The molecule has 7 aromatic carbocycles. The molecule has 2 aliphatic heterocycles. The highest BCUT2D eigenvalue weighted by Crippen LogP contribution is 2.52. The van der Waals surface area contributed by atoms with Gasteiger partial charge in [0.15, 0.2) is 0 Å². The minimum atomic E-state index is -0.108. The van der Waals surface area contributed by atoms with Crippen molar-refractivity contribution in [3.63, 3.8) is 0 Å². The van der Waals surface area contributed by atoms with Crippen LogP contribution in [0.4, 0.5) is 22.7 Å². The second-order valence-corrected chi connectivity index (χ2v) is 18.4. The molecule has 3 aliphatic rings. The topological polar surface area (TPSA) is 28.4 Å². The fraction of sp³-hybridized carbons (Fsp3) is 0.222. The van der Waals surface area contributed by atoms with E-state index in [0.29, 0.717) is 5.92 Å². The maximum atomic E-state index is 6.97. The third-order valence-electron chi connectivity index (χ3n) is 14.0. The van der Waals surface area contributed by atoms with E-state index in [9.17, 15) is 0 Å². The van der Waals surface area contributed by atoms with Crippen molar-refractivity contribution in [3.8, 4) is 33.4 Å². The Morgan fingerprint density at radius 2 is 1.38 bits per heavy atom. The summed E-state index contributed by atoms with van der Waals surface area (Å²) in [6.07, 6.45) is 5.01. The van der Waals surface area contributed by atoms with Crippen molar-refractivity contribution in [2.24, 2.45) is 5.92 Å². The number of fused-ring (bicyclic) bond motifs is 8. The van der Waals surface area contributed by atoms with Crippen LogP contribution < -0.4 is 21.1 Å². The fourth-order valence-electron chi connectivity index (χ4n) is 10.5. The summed E-state index contributed by atoms with van der Waals surface area (Å²) in [5, 5.41) is 6.53. The van der Waals surface area contributed by atoms with Crippen LogP contribution in [0.1, 0.15) is 71.4 Å². The Kier molecular flexibility index (Phi) is 7.89. The Morgan fingerprint density at radius 1 is 0.707 bits per heavy atom. The number of nitrogens with zero attached hydrogens (tertiary/aromatic N) is 1. The zero-order chi connectivity index (χ0) is 39.3. The second-order valence-electron chi connectivity index (χ2n) is 18.4. The Morgan fingerprint density at radius 3 is 2.10 bits per heavy atom. The van der Waals surface area contributed by atoms with Crippen molar-refractivity contribution >= 4 is 62.5 Å². The lowest BCUT2D eigenvalue weighted by Crippen LogP contribution is -2.61. The van der Waals surface area contributed by atoms with Crippen molar-refractivity contribution in [3.05, 3.63) is 157 Å². The normalized spacial score (nSPS) is 18.5. The van der Waals surface area contributed by atoms with E-state index in [2.05, 4.69) is 190 Å². The zero-order valence-corrected chi connectivity index (χ0v) is 34.2. The summed E-state index contributed by atoms with van der Waals surface area (Å²) in [5.41, 5.74) is 19.4. The predicted molar refractivity (Wildman–Crippen MR) is 247 cm³/mol. The van der Waals surface area contributed by atoms with Crippen LogP contribution in [0.25, 0.3) is 55.3 Å². The van der Waals surface area contributed by atoms with Gasteiger partial charge in [-0.1, -0.05) is 163 Å². The number of furan rings is 1. The zero-order valence-electron chi connectivity index (χ0n) is 34.2. The first-order chi connectivity index (χ1) is 28.2. The van der Waals surface area contributed by atoms with Gasteiger partial charge in [-0.15, -0.1) is 0 Å². The first-order valence-corrected chi connectivity index (χ1v) is 21.3. The molecule has 2 unspecified atom stereocenters. The molecule has 1 aromatic heterocycles. The van der Waals surface area contributed by atoms with Crippen LogP contribution in [0, 0.1) is 5.92 Å². The molecule has 0 amide bonds. The highest BCUT2D eigenvalue weighted by molar-refractivity contribution is 6.94. The molecule has 11 rings (SSSR count). The summed E-state index contributed by atoms with van der Waals surface area (Å²) in [5.74, 6) is 0.571. The van der Waals surface area contributed by atoms with E-state index >= 15 is 0 Å². The summed E-state index contributed by atoms with van der Waals surface area (Å²) < 4.78 is 6.97. The van der Waals surface area contributed by atoms with Gasteiger partial charge in [-0.2, -0.15) is 0 Å². The molecule has 1 saturated carbocycles. The highest BCUT2D eigenvalue weighted by Gasteiger charge is 2.47. The average Bonchev–Trinajstić information content (AvgIpc) is 3.62. The van der Waals surface area contributed by atoms with Crippen LogP contribution in [0.2, 0.25) is 0 Å². The second kappa shape index (κ2) is 13.0. The van der Waals surface area contributed by atoms with Crippen LogP contribution in [0.5, 0.6) is 0 Å². The molecule has 1 N–H and O–H groups in total. The summed E-state index contributed by atoms with van der Waals surface area (Å²) in [6, 6.07) is 54.0. The van der Waals surface area contributed by atoms with Crippen LogP contribution in [0.3, 0.4) is 0 Å². The molecule has 4 heteroatoms. The Bertz CT molecular complexity index is 2890. The first-order valence-electron chi connectivity index (χ1n) is 21.3. The molecule has 1 aliphatic carbocycles. The fourth-order valence-corrected chi connectivity index (χ4v) is 10.5. The van der Waals surface area contributed by atoms with E-state index in [-0.39, 0.29) is 17.7 Å². The van der Waals surface area contributed by atoms with Crippen molar-refractivity contribution in [2.45, 2.75) is 71.1 Å². The first kappa shape index (κ1) is 35.2. The van der Waals surface area contributed by atoms with Gasteiger partial charge < -0.3 is 14.5 Å². The minimum Gasteiger partial charge on any atom is -0.455 e.